The molecule has 21 heavy (non-hydrogen) atoms. The summed E-state index contributed by atoms with van der Waals surface area (Å²) in [6.07, 6.45) is 0.998. The van der Waals surface area contributed by atoms with Crippen molar-refractivity contribution in [1.82, 2.24) is 0 Å². The Morgan fingerprint density at radius 3 is 2.38 bits per heavy atom. The molecule has 2 atom stereocenters. The van der Waals surface area contributed by atoms with Crippen molar-refractivity contribution in [2.24, 2.45) is 5.73 Å². The Balaban J connectivity index is 2.44. The third kappa shape index (κ3) is 3.42. The molecule has 2 N–H and O–H groups in total. The third-order valence-electron chi connectivity index (χ3n) is 3.76. The molecule has 2 aromatic carbocycles. The molecule has 0 radical (unpaired) electrons. The van der Waals surface area contributed by atoms with Crippen LogP contribution < -0.4 is 10.5 Å². The van der Waals surface area contributed by atoms with E-state index in [1.54, 1.807) is 12.1 Å². The molecule has 112 valence electrons. The number of hydrogen-bond donors (Lipinski definition) is 1. The Hall–Kier alpha value is -1.87. The molecule has 0 aliphatic heterocycles. The molecule has 0 amide bonds. The van der Waals surface area contributed by atoms with E-state index in [0.29, 0.717) is 17.2 Å². The second kappa shape index (κ2) is 6.72. The highest BCUT2D eigenvalue weighted by molar-refractivity contribution is 5.44. The fourth-order valence-electron chi connectivity index (χ4n) is 2.30. The van der Waals surface area contributed by atoms with E-state index < -0.39 is 0 Å². The maximum atomic E-state index is 14.1. The van der Waals surface area contributed by atoms with Crippen LogP contribution in [-0.2, 0) is 0 Å². The van der Waals surface area contributed by atoms with Gasteiger partial charge in [0.05, 0.1) is 0 Å². The summed E-state index contributed by atoms with van der Waals surface area (Å²) < 4.78 is 20.0. The summed E-state index contributed by atoms with van der Waals surface area (Å²) in [6, 6.07) is 12.3. The van der Waals surface area contributed by atoms with Crippen molar-refractivity contribution in [2.75, 3.05) is 0 Å². The molecule has 3 heteroatoms. The van der Waals surface area contributed by atoms with Crippen LogP contribution >= 0.6 is 0 Å². The van der Waals surface area contributed by atoms with Gasteiger partial charge in [0.15, 0.2) is 11.6 Å². The molecule has 0 fully saturated rings. The molecule has 0 bridgehead atoms. The van der Waals surface area contributed by atoms with Gasteiger partial charge < -0.3 is 10.5 Å². The summed E-state index contributed by atoms with van der Waals surface area (Å²) in [4.78, 5) is 0. The largest absolute Gasteiger partial charge is 0.454 e. The van der Waals surface area contributed by atoms with Crippen LogP contribution in [0.25, 0.3) is 0 Å². The van der Waals surface area contributed by atoms with Gasteiger partial charge in [0.1, 0.15) is 5.75 Å². The summed E-state index contributed by atoms with van der Waals surface area (Å²) in [5.74, 6) is 0.887. The van der Waals surface area contributed by atoms with Crippen LogP contribution in [0.3, 0.4) is 0 Å². The smallest absolute Gasteiger partial charge is 0.167 e. The number of hydrogen-bond acceptors (Lipinski definition) is 2. The first-order valence-electron chi connectivity index (χ1n) is 7.35. The molecule has 2 rings (SSSR count). The fourth-order valence-corrected chi connectivity index (χ4v) is 2.30. The van der Waals surface area contributed by atoms with Crippen molar-refractivity contribution in [1.29, 1.82) is 0 Å². The van der Waals surface area contributed by atoms with E-state index in [1.807, 2.05) is 31.2 Å². The van der Waals surface area contributed by atoms with Gasteiger partial charge in [0.25, 0.3) is 0 Å². The quantitative estimate of drug-likeness (QED) is 0.825. The topological polar surface area (TPSA) is 35.2 Å². The Morgan fingerprint density at radius 1 is 1.05 bits per heavy atom. The van der Waals surface area contributed by atoms with Gasteiger partial charge in [-0.1, -0.05) is 44.2 Å². The molecule has 0 heterocycles. The number of benzene rings is 2. The summed E-state index contributed by atoms with van der Waals surface area (Å²) in [7, 11) is 0. The third-order valence-corrected chi connectivity index (χ3v) is 3.76. The highest BCUT2D eigenvalue weighted by atomic mass is 19.1. The second-order valence-electron chi connectivity index (χ2n) is 5.40. The van der Waals surface area contributed by atoms with E-state index in [0.717, 1.165) is 12.0 Å². The first kappa shape index (κ1) is 15.5. The highest BCUT2D eigenvalue weighted by Crippen LogP contribution is 2.36. The van der Waals surface area contributed by atoms with Crippen molar-refractivity contribution in [3.8, 4) is 11.5 Å². The van der Waals surface area contributed by atoms with Crippen LogP contribution in [0.15, 0.2) is 42.5 Å². The molecule has 0 saturated heterocycles. The molecule has 1 unspecified atom stereocenters. The van der Waals surface area contributed by atoms with E-state index in [-0.39, 0.29) is 17.6 Å². The number of rotatable bonds is 5. The maximum Gasteiger partial charge on any atom is 0.167 e. The van der Waals surface area contributed by atoms with Crippen LogP contribution in [-0.4, -0.2) is 0 Å². The Labute approximate surface area is 125 Å². The summed E-state index contributed by atoms with van der Waals surface area (Å²) >= 11 is 0. The molecule has 2 aromatic rings. The van der Waals surface area contributed by atoms with Crippen molar-refractivity contribution < 1.29 is 9.13 Å². The van der Waals surface area contributed by atoms with Crippen LogP contribution in [0, 0.1) is 5.82 Å². The van der Waals surface area contributed by atoms with E-state index in [1.165, 1.54) is 6.07 Å². The zero-order valence-electron chi connectivity index (χ0n) is 12.8. The SMILES string of the molecule is CCC(C)c1ccccc1Oc1c(F)cccc1[C@@H](C)N. The minimum Gasteiger partial charge on any atom is -0.454 e. The standard InChI is InChI=1S/C18H22FNO/c1-4-12(2)14-8-5-6-11-17(14)21-18-15(13(3)20)9-7-10-16(18)19/h5-13H,4,20H2,1-3H3/t12?,13-/m1/s1. The van der Waals surface area contributed by atoms with E-state index in [4.69, 9.17) is 10.5 Å². The van der Waals surface area contributed by atoms with Gasteiger partial charge in [0, 0.05) is 11.6 Å². The lowest BCUT2D eigenvalue weighted by molar-refractivity contribution is 0.425. The number of ether oxygens (including phenoxy) is 1. The fraction of sp³-hybridized carbons (Fsp3) is 0.333. The highest BCUT2D eigenvalue weighted by Gasteiger charge is 2.16. The van der Waals surface area contributed by atoms with Crippen molar-refractivity contribution in [2.45, 2.75) is 39.2 Å². The Morgan fingerprint density at radius 2 is 1.71 bits per heavy atom. The maximum absolute atomic E-state index is 14.1. The number of para-hydroxylation sites is 2. The summed E-state index contributed by atoms with van der Waals surface area (Å²) in [5, 5.41) is 0. The van der Waals surface area contributed by atoms with Gasteiger partial charge in [-0.15, -0.1) is 0 Å². The molecule has 0 aliphatic carbocycles. The monoisotopic (exact) mass is 287 g/mol. The second-order valence-corrected chi connectivity index (χ2v) is 5.40. The first-order valence-corrected chi connectivity index (χ1v) is 7.35. The van der Waals surface area contributed by atoms with Crippen LogP contribution in [0.2, 0.25) is 0 Å². The lowest BCUT2D eigenvalue weighted by Crippen LogP contribution is -2.08. The number of nitrogens with two attached hydrogens (primary N) is 1. The molecular weight excluding hydrogens is 265 g/mol. The van der Waals surface area contributed by atoms with Gasteiger partial charge in [-0.2, -0.15) is 0 Å². The van der Waals surface area contributed by atoms with Gasteiger partial charge in [-0.3, -0.25) is 0 Å². The van der Waals surface area contributed by atoms with E-state index >= 15 is 0 Å². The Kier molecular flexibility index (Phi) is 4.97. The molecule has 0 aliphatic rings. The Bertz CT molecular complexity index is 610. The number of halogens is 1. The lowest BCUT2D eigenvalue weighted by Gasteiger charge is -2.18. The average Bonchev–Trinajstić information content (AvgIpc) is 2.48. The van der Waals surface area contributed by atoms with E-state index in [2.05, 4.69) is 13.8 Å². The van der Waals surface area contributed by atoms with Crippen molar-refractivity contribution >= 4 is 0 Å². The van der Waals surface area contributed by atoms with Crippen molar-refractivity contribution in [3.63, 3.8) is 0 Å². The zero-order chi connectivity index (χ0) is 15.4. The van der Waals surface area contributed by atoms with Gasteiger partial charge in [-0.05, 0) is 37.0 Å². The average molecular weight is 287 g/mol. The predicted molar refractivity (Wildman–Crippen MR) is 84.2 cm³/mol. The molecule has 0 spiro atoms. The van der Waals surface area contributed by atoms with Gasteiger partial charge in [0.2, 0.25) is 0 Å². The van der Waals surface area contributed by atoms with Crippen molar-refractivity contribution in [3.05, 3.63) is 59.4 Å². The first-order chi connectivity index (χ1) is 10.0. The molecule has 0 aromatic heterocycles. The minimum atomic E-state index is -0.385. The van der Waals surface area contributed by atoms with Crippen LogP contribution in [0.5, 0.6) is 11.5 Å². The predicted octanol–water partition coefficient (Wildman–Crippen LogP) is 5.15. The minimum absolute atomic E-state index is 0.225. The van der Waals surface area contributed by atoms with Gasteiger partial charge >= 0.3 is 0 Å². The zero-order valence-corrected chi connectivity index (χ0v) is 12.8. The van der Waals surface area contributed by atoms with Crippen LogP contribution in [0.4, 0.5) is 4.39 Å². The van der Waals surface area contributed by atoms with E-state index in [9.17, 15) is 4.39 Å². The van der Waals surface area contributed by atoms with Gasteiger partial charge in [-0.25, -0.2) is 4.39 Å². The van der Waals surface area contributed by atoms with Crippen LogP contribution in [0.1, 0.15) is 50.3 Å². The lowest BCUT2D eigenvalue weighted by atomic mass is 9.98. The molecular formula is C18H22FNO. The summed E-state index contributed by atoms with van der Waals surface area (Å²) in [6.45, 7) is 6.08. The normalized spacial score (nSPS) is 13.8. The molecule has 0 saturated carbocycles. The molecule has 2 nitrogen and oxygen atoms in total. The summed E-state index contributed by atoms with van der Waals surface area (Å²) in [5.41, 5.74) is 7.67.